The van der Waals surface area contributed by atoms with E-state index in [4.69, 9.17) is 0 Å². The lowest BCUT2D eigenvalue weighted by Gasteiger charge is -2.02. The van der Waals surface area contributed by atoms with Crippen LogP contribution in [0.1, 0.15) is 91.4 Å². The van der Waals surface area contributed by atoms with Crippen molar-refractivity contribution < 1.29 is 0 Å². The molecule has 0 spiro atoms. The van der Waals surface area contributed by atoms with Gasteiger partial charge in [0.1, 0.15) is 0 Å². The second kappa shape index (κ2) is 13.8. The summed E-state index contributed by atoms with van der Waals surface area (Å²) in [5.74, 6) is 1.58. The molecule has 0 fully saturated rings. The Bertz CT molecular complexity index is 155. The topological polar surface area (TPSA) is 0 Å². The molecule has 0 saturated carbocycles. The third-order valence-electron chi connectivity index (χ3n) is 3.19. The summed E-state index contributed by atoms with van der Waals surface area (Å²) in [5.41, 5.74) is 0. The van der Waals surface area contributed by atoms with E-state index in [0.717, 1.165) is 0 Å². The molecule has 17 heavy (non-hydrogen) atoms. The summed E-state index contributed by atoms with van der Waals surface area (Å²) in [5, 5.41) is 0. The summed E-state index contributed by atoms with van der Waals surface area (Å²) in [4.78, 5) is 0. The van der Waals surface area contributed by atoms with E-state index in [0.29, 0.717) is 0 Å². The molecule has 0 N–H and O–H groups in total. The zero-order chi connectivity index (χ0) is 12.8. The van der Waals surface area contributed by atoms with Crippen molar-refractivity contribution in [1.29, 1.82) is 0 Å². The van der Waals surface area contributed by atoms with Crippen molar-refractivity contribution in [2.24, 2.45) is 0 Å². The lowest BCUT2D eigenvalue weighted by atomic mass is 10.0. The molecule has 1 radical (unpaired) electrons. The lowest BCUT2D eigenvalue weighted by Crippen LogP contribution is -1.84. The quantitative estimate of drug-likeness (QED) is 0.269. The van der Waals surface area contributed by atoms with E-state index in [-0.39, 0.29) is 0 Å². The molecular formula is C17H33. The first-order chi connectivity index (χ1) is 8.27. The zero-order valence-corrected chi connectivity index (χ0v) is 12.4. The molecule has 0 amide bonds. The highest BCUT2D eigenvalue weighted by Crippen LogP contribution is 2.12. The molecule has 0 saturated heterocycles. The van der Waals surface area contributed by atoms with Gasteiger partial charge < -0.3 is 0 Å². The Morgan fingerprint density at radius 3 is 1.76 bits per heavy atom. The summed E-state index contributed by atoms with van der Waals surface area (Å²) < 4.78 is 0. The molecular weight excluding hydrogens is 204 g/mol. The second-order valence-corrected chi connectivity index (χ2v) is 5.48. The fourth-order valence-electron chi connectivity index (χ4n) is 2.02. The molecule has 0 aliphatic carbocycles. The molecule has 101 valence electrons. The maximum absolute atomic E-state index is 2.39. The highest BCUT2D eigenvalue weighted by molar-refractivity contribution is 4.81. The fraction of sp³-hybridized carbons (Fsp3) is 0.824. The molecule has 0 rings (SSSR count). The van der Waals surface area contributed by atoms with Crippen LogP contribution in [0.3, 0.4) is 0 Å². The van der Waals surface area contributed by atoms with Crippen LogP contribution in [0.4, 0.5) is 0 Å². The monoisotopic (exact) mass is 237 g/mol. The van der Waals surface area contributed by atoms with Gasteiger partial charge in [0, 0.05) is 0 Å². The number of hydrogen-bond acceptors (Lipinski definition) is 0. The van der Waals surface area contributed by atoms with Crippen LogP contribution in [-0.2, 0) is 0 Å². The molecule has 0 unspecified atom stereocenters. The van der Waals surface area contributed by atoms with E-state index in [1.165, 1.54) is 70.6 Å². The van der Waals surface area contributed by atoms with Crippen LogP contribution in [0, 0.1) is 5.92 Å². The molecule has 0 atom stereocenters. The third kappa shape index (κ3) is 15.7. The van der Waals surface area contributed by atoms with Crippen LogP contribution in [0.2, 0.25) is 0 Å². The van der Waals surface area contributed by atoms with E-state index in [1.54, 1.807) is 5.92 Å². The summed E-state index contributed by atoms with van der Waals surface area (Å²) in [6.45, 7) is 6.75. The molecule has 0 aromatic carbocycles. The predicted molar refractivity (Wildman–Crippen MR) is 80.2 cm³/mol. The SMILES string of the molecule is CCCCCC/C=C/CCCCCC[C](C)C. The minimum absolute atomic E-state index is 1.29. The summed E-state index contributed by atoms with van der Waals surface area (Å²) in [7, 11) is 0. The second-order valence-electron chi connectivity index (χ2n) is 5.48. The molecule has 0 heterocycles. The van der Waals surface area contributed by atoms with Gasteiger partial charge in [0.15, 0.2) is 0 Å². The van der Waals surface area contributed by atoms with Crippen molar-refractivity contribution in [2.75, 3.05) is 0 Å². The van der Waals surface area contributed by atoms with E-state index in [9.17, 15) is 0 Å². The Balaban J connectivity index is 3.04. The first kappa shape index (κ1) is 16.7. The zero-order valence-electron chi connectivity index (χ0n) is 12.4. The van der Waals surface area contributed by atoms with Gasteiger partial charge in [0.05, 0.1) is 0 Å². The van der Waals surface area contributed by atoms with Crippen LogP contribution in [0.25, 0.3) is 0 Å². The highest BCUT2D eigenvalue weighted by atomic mass is 14.0. The van der Waals surface area contributed by atoms with E-state index in [1.807, 2.05) is 0 Å². The summed E-state index contributed by atoms with van der Waals surface area (Å²) >= 11 is 0. The van der Waals surface area contributed by atoms with Gasteiger partial charge in [0.2, 0.25) is 0 Å². The van der Waals surface area contributed by atoms with Crippen molar-refractivity contribution in [3.05, 3.63) is 18.1 Å². The summed E-state index contributed by atoms with van der Waals surface area (Å²) in [6, 6.07) is 0. The van der Waals surface area contributed by atoms with Gasteiger partial charge in [0.25, 0.3) is 0 Å². The van der Waals surface area contributed by atoms with Crippen LogP contribution >= 0.6 is 0 Å². The van der Waals surface area contributed by atoms with Crippen molar-refractivity contribution >= 4 is 0 Å². The summed E-state index contributed by atoms with van der Waals surface area (Å²) in [6.07, 6.45) is 19.8. The Morgan fingerprint density at radius 2 is 1.24 bits per heavy atom. The first-order valence-corrected chi connectivity index (χ1v) is 7.71. The van der Waals surface area contributed by atoms with Crippen molar-refractivity contribution in [3.8, 4) is 0 Å². The Kier molecular flexibility index (Phi) is 13.6. The van der Waals surface area contributed by atoms with E-state index >= 15 is 0 Å². The molecule has 0 bridgehead atoms. The molecule has 0 aliphatic rings. The van der Waals surface area contributed by atoms with Gasteiger partial charge in [-0.15, -0.1) is 0 Å². The lowest BCUT2D eigenvalue weighted by molar-refractivity contribution is 0.623. The average Bonchev–Trinajstić information content (AvgIpc) is 2.30. The molecule has 0 nitrogen and oxygen atoms in total. The average molecular weight is 237 g/mol. The van der Waals surface area contributed by atoms with Gasteiger partial charge >= 0.3 is 0 Å². The minimum Gasteiger partial charge on any atom is -0.0885 e. The van der Waals surface area contributed by atoms with Crippen molar-refractivity contribution in [2.45, 2.75) is 91.4 Å². The van der Waals surface area contributed by atoms with Gasteiger partial charge in [-0.2, -0.15) is 0 Å². The molecule has 0 heteroatoms. The number of rotatable bonds is 12. The fourth-order valence-corrected chi connectivity index (χ4v) is 2.02. The van der Waals surface area contributed by atoms with Crippen LogP contribution in [0.5, 0.6) is 0 Å². The third-order valence-corrected chi connectivity index (χ3v) is 3.19. The van der Waals surface area contributed by atoms with Gasteiger partial charge in [-0.1, -0.05) is 71.4 Å². The normalized spacial score (nSPS) is 11.8. The maximum atomic E-state index is 2.39. The van der Waals surface area contributed by atoms with Crippen molar-refractivity contribution in [1.82, 2.24) is 0 Å². The standard InChI is InChI=1S/C17H33/c1-4-5-6-7-8-9-10-11-12-13-14-15-16-17(2)3/h9-10H,4-8,11-16H2,1-3H3/b10-9+. The van der Waals surface area contributed by atoms with Gasteiger partial charge in [-0.05, 0) is 38.0 Å². The number of hydrogen-bond donors (Lipinski definition) is 0. The first-order valence-electron chi connectivity index (χ1n) is 7.71. The Morgan fingerprint density at radius 1 is 0.706 bits per heavy atom. The molecule has 0 aromatic heterocycles. The van der Waals surface area contributed by atoms with Crippen LogP contribution in [0.15, 0.2) is 12.2 Å². The van der Waals surface area contributed by atoms with E-state index < -0.39 is 0 Å². The smallest absolute Gasteiger partial charge is 0.0303 e. The van der Waals surface area contributed by atoms with Crippen LogP contribution < -0.4 is 0 Å². The Labute approximate surface area is 110 Å². The number of unbranched alkanes of at least 4 members (excludes halogenated alkanes) is 8. The van der Waals surface area contributed by atoms with Gasteiger partial charge in [-0.3, -0.25) is 0 Å². The minimum atomic E-state index is 1.29. The molecule has 0 aliphatic heterocycles. The highest BCUT2D eigenvalue weighted by Gasteiger charge is 1.94. The Hall–Kier alpha value is -0.260. The van der Waals surface area contributed by atoms with Gasteiger partial charge in [-0.25, -0.2) is 0 Å². The number of allylic oxidation sites excluding steroid dienone is 2. The maximum Gasteiger partial charge on any atom is -0.0303 e. The van der Waals surface area contributed by atoms with Crippen LogP contribution in [-0.4, -0.2) is 0 Å². The predicted octanol–water partition coefficient (Wildman–Crippen LogP) is 6.47. The van der Waals surface area contributed by atoms with E-state index in [2.05, 4.69) is 32.9 Å². The molecule has 0 aromatic rings. The largest absolute Gasteiger partial charge is 0.0885 e. The van der Waals surface area contributed by atoms with Crippen molar-refractivity contribution in [3.63, 3.8) is 0 Å².